The summed E-state index contributed by atoms with van der Waals surface area (Å²) in [7, 11) is 0. The van der Waals surface area contributed by atoms with E-state index in [2.05, 4.69) is 5.32 Å². The maximum atomic E-state index is 9.45. The molecule has 1 rings (SSSR count). The summed E-state index contributed by atoms with van der Waals surface area (Å²) in [5.74, 6) is 0. The summed E-state index contributed by atoms with van der Waals surface area (Å²) in [6.07, 6.45) is 3.58. The van der Waals surface area contributed by atoms with Crippen molar-refractivity contribution in [2.24, 2.45) is 0 Å². The second-order valence-electron chi connectivity index (χ2n) is 3.14. The number of piperidine rings is 1. The van der Waals surface area contributed by atoms with Crippen LogP contribution in [-0.4, -0.2) is 35.5 Å². The van der Waals surface area contributed by atoms with E-state index in [0.29, 0.717) is 6.42 Å². The summed E-state index contributed by atoms with van der Waals surface area (Å²) in [6.45, 7) is 1.09. The smallest absolute Gasteiger partial charge is 0.0715 e. The lowest BCUT2D eigenvalue weighted by Gasteiger charge is -2.27. The first-order chi connectivity index (χ1) is 5.34. The second kappa shape index (κ2) is 4.70. The Kier molecular flexibility index (Phi) is 3.83. The van der Waals surface area contributed by atoms with E-state index in [0.717, 1.165) is 13.0 Å². The van der Waals surface area contributed by atoms with Crippen LogP contribution in [-0.2, 0) is 0 Å². The zero-order chi connectivity index (χ0) is 8.10. The van der Waals surface area contributed by atoms with Gasteiger partial charge in [0.15, 0.2) is 0 Å². The first kappa shape index (κ1) is 8.97. The van der Waals surface area contributed by atoms with Crippen LogP contribution in [0.25, 0.3) is 0 Å². The first-order valence-electron chi connectivity index (χ1n) is 4.37. The van der Waals surface area contributed by atoms with Gasteiger partial charge in [-0.25, -0.2) is 0 Å². The van der Waals surface area contributed by atoms with Gasteiger partial charge in [-0.3, -0.25) is 0 Å². The normalized spacial score (nSPS) is 28.4. The molecule has 1 fully saturated rings. The molecular formula is C8H17NO2. The summed E-state index contributed by atoms with van der Waals surface area (Å²) >= 11 is 0. The molecule has 0 spiro atoms. The monoisotopic (exact) mass is 159 g/mol. The first-order valence-corrected chi connectivity index (χ1v) is 4.37. The lowest BCUT2D eigenvalue weighted by molar-refractivity contribution is 0.0849. The molecule has 3 nitrogen and oxygen atoms in total. The average molecular weight is 159 g/mol. The molecule has 3 N–H and O–H groups in total. The third kappa shape index (κ3) is 2.77. The highest BCUT2D eigenvalue weighted by Crippen LogP contribution is 2.11. The van der Waals surface area contributed by atoms with Gasteiger partial charge in [-0.1, -0.05) is 6.42 Å². The lowest BCUT2D eigenvalue weighted by atomic mass is 9.98. The molecule has 66 valence electrons. The molecule has 0 aromatic carbocycles. The molecule has 1 heterocycles. The lowest BCUT2D eigenvalue weighted by Crippen LogP contribution is -2.43. The van der Waals surface area contributed by atoms with Crippen LogP contribution in [0.15, 0.2) is 0 Å². The molecule has 2 atom stereocenters. The van der Waals surface area contributed by atoms with Crippen molar-refractivity contribution < 1.29 is 10.2 Å². The minimum atomic E-state index is -0.361. The van der Waals surface area contributed by atoms with Crippen molar-refractivity contribution in [3.05, 3.63) is 0 Å². The third-order valence-corrected chi connectivity index (χ3v) is 2.24. The zero-order valence-electron chi connectivity index (χ0n) is 6.79. The maximum Gasteiger partial charge on any atom is 0.0715 e. The predicted molar refractivity (Wildman–Crippen MR) is 43.4 cm³/mol. The fourth-order valence-corrected chi connectivity index (χ4v) is 1.54. The number of nitrogens with one attached hydrogen (secondary N) is 1. The van der Waals surface area contributed by atoms with Gasteiger partial charge >= 0.3 is 0 Å². The van der Waals surface area contributed by atoms with Crippen molar-refractivity contribution >= 4 is 0 Å². The van der Waals surface area contributed by atoms with E-state index in [1.807, 2.05) is 0 Å². The molecule has 0 bridgehead atoms. The Bertz CT molecular complexity index is 102. The van der Waals surface area contributed by atoms with Crippen molar-refractivity contribution in [1.82, 2.24) is 5.32 Å². The molecule has 0 saturated carbocycles. The molecule has 0 aromatic rings. The second-order valence-corrected chi connectivity index (χ2v) is 3.14. The van der Waals surface area contributed by atoms with E-state index in [1.54, 1.807) is 0 Å². The van der Waals surface area contributed by atoms with Crippen molar-refractivity contribution in [2.75, 3.05) is 13.2 Å². The highest BCUT2D eigenvalue weighted by molar-refractivity contribution is 4.78. The Morgan fingerprint density at radius 3 is 2.82 bits per heavy atom. The van der Waals surface area contributed by atoms with Crippen molar-refractivity contribution in [3.63, 3.8) is 0 Å². The highest BCUT2D eigenvalue weighted by Gasteiger charge is 2.19. The van der Waals surface area contributed by atoms with Crippen molar-refractivity contribution in [3.8, 4) is 0 Å². The highest BCUT2D eigenvalue weighted by atomic mass is 16.3. The van der Waals surface area contributed by atoms with Crippen LogP contribution in [0, 0.1) is 0 Å². The van der Waals surface area contributed by atoms with Crippen LogP contribution in [0.3, 0.4) is 0 Å². The molecule has 1 aliphatic heterocycles. The summed E-state index contributed by atoms with van der Waals surface area (Å²) in [6, 6.07) is 0.218. The third-order valence-electron chi connectivity index (χ3n) is 2.24. The van der Waals surface area contributed by atoms with Crippen LogP contribution in [0.4, 0.5) is 0 Å². The molecule has 0 unspecified atom stereocenters. The zero-order valence-corrected chi connectivity index (χ0v) is 6.79. The standard InChI is InChI=1S/C8H17NO2/c10-6-4-8(11)7-3-1-2-5-9-7/h7-11H,1-6H2/t7-,8-/m1/s1. The topological polar surface area (TPSA) is 52.5 Å². The van der Waals surface area contributed by atoms with Gasteiger partial charge in [0, 0.05) is 12.6 Å². The minimum Gasteiger partial charge on any atom is -0.396 e. The Balaban J connectivity index is 2.21. The van der Waals surface area contributed by atoms with E-state index >= 15 is 0 Å². The van der Waals surface area contributed by atoms with Crippen LogP contribution in [0.1, 0.15) is 25.7 Å². The van der Waals surface area contributed by atoms with E-state index in [-0.39, 0.29) is 18.8 Å². The Morgan fingerprint density at radius 2 is 2.27 bits per heavy atom. The fraction of sp³-hybridized carbons (Fsp3) is 1.00. The predicted octanol–water partition coefficient (Wildman–Crippen LogP) is -0.128. The van der Waals surface area contributed by atoms with Crippen LogP contribution >= 0.6 is 0 Å². The SMILES string of the molecule is OCC[C@@H](O)[C@H]1CCCCN1. The summed E-state index contributed by atoms with van der Waals surface area (Å²) in [4.78, 5) is 0. The Morgan fingerprint density at radius 1 is 1.45 bits per heavy atom. The van der Waals surface area contributed by atoms with Gasteiger partial charge in [0.2, 0.25) is 0 Å². The molecule has 0 radical (unpaired) electrons. The quantitative estimate of drug-likeness (QED) is 0.538. The Labute approximate surface area is 67.4 Å². The number of rotatable bonds is 3. The van der Waals surface area contributed by atoms with E-state index in [1.165, 1.54) is 12.8 Å². The van der Waals surface area contributed by atoms with Gasteiger partial charge in [0.1, 0.15) is 0 Å². The van der Waals surface area contributed by atoms with Gasteiger partial charge in [-0.2, -0.15) is 0 Å². The Hall–Kier alpha value is -0.120. The van der Waals surface area contributed by atoms with E-state index < -0.39 is 0 Å². The number of hydrogen-bond acceptors (Lipinski definition) is 3. The number of hydrogen-bond donors (Lipinski definition) is 3. The van der Waals surface area contributed by atoms with Crippen LogP contribution in [0.5, 0.6) is 0 Å². The number of aliphatic hydroxyl groups excluding tert-OH is 2. The summed E-state index contributed by atoms with van der Waals surface area (Å²) in [5, 5.41) is 21.3. The van der Waals surface area contributed by atoms with E-state index in [9.17, 15) is 5.11 Å². The molecule has 3 heteroatoms. The van der Waals surface area contributed by atoms with Crippen LogP contribution in [0.2, 0.25) is 0 Å². The molecule has 11 heavy (non-hydrogen) atoms. The average Bonchev–Trinajstić information content (AvgIpc) is 2.07. The van der Waals surface area contributed by atoms with Crippen LogP contribution < -0.4 is 5.32 Å². The molecule has 1 aliphatic rings. The maximum absolute atomic E-state index is 9.45. The molecular weight excluding hydrogens is 142 g/mol. The molecule has 0 aromatic heterocycles. The van der Waals surface area contributed by atoms with Gasteiger partial charge in [0.05, 0.1) is 6.10 Å². The van der Waals surface area contributed by atoms with Crippen molar-refractivity contribution in [1.29, 1.82) is 0 Å². The van der Waals surface area contributed by atoms with Gasteiger partial charge < -0.3 is 15.5 Å². The van der Waals surface area contributed by atoms with Gasteiger partial charge in [-0.05, 0) is 25.8 Å². The summed E-state index contributed by atoms with van der Waals surface area (Å²) in [5.41, 5.74) is 0. The van der Waals surface area contributed by atoms with Gasteiger partial charge in [0.25, 0.3) is 0 Å². The molecule has 0 amide bonds. The molecule has 1 saturated heterocycles. The van der Waals surface area contributed by atoms with Crippen molar-refractivity contribution in [2.45, 2.75) is 37.8 Å². The van der Waals surface area contributed by atoms with E-state index in [4.69, 9.17) is 5.11 Å². The summed E-state index contributed by atoms with van der Waals surface area (Å²) < 4.78 is 0. The minimum absolute atomic E-state index is 0.0827. The fourth-order valence-electron chi connectivity index (χ4n) is 1.54. The molecule has 0 aliphatic carbocycles. The number of aliphatic hydroxyl groups is 2. The van der Waals surface area contributed by atoms with Gasteiger partial charge in [-0.15, -0.1) is 0 Å². The largest absolute Gasteiger partial charge is 0.396 e.